The smallest absolute Gasteiger partial charge is 0.255 e. The van der Waals surface area contributed by atoms with Crippen LogP contribution in [0.15, 0.2) is 65.1 Å². The van der Waals surface area contributed by atoms with Gasteiger partial charge in [-0.15, -0.1) is 0 Å². The molecule has 7 N–H and O–H groups in total. The van der Waals surface area contributed by atoms with E-state index in [-0.39, 0.29) is 42.2 Å². The minimum Gasteiger partial charge on any atom is -0.511 e. The third kappa shape index (κ3) is 4.38. The van der Waals surface area contributed by atoms with Crippen molar-refractivity contribution in [3.8, 4) is 5.75 Å². The lowest BCUT2D eigenvalue weighted by atomic mass is 9.60. The summed E-state index contributed by atoms with van der Waals surface area (Å²) in [4.78, 5) is 41.1. The number of Topliss-reactive ketones (excluding diaryl/α,β-unsaturated/α-hetero) is 2. The third-order valence-electron chi connectivity index (χ3n) is 9.14. The lowest BCUT2D eigenvalue weighted by Gasteiger charge is -2.45. The number of primary amides is 1. The first-order valence-corrected chi connectivity index (χ1v) is 13.9. The highest BCUT2D eigenvalue weighted by atomic mass is 16.3. The van der Waals surface area contributed by atoms with E-state index in [0.717, 1.165) is 38.2 Å². The van der Waals surface area contributed by atoms with Crippen LogP contribution in [0.1, 0.15) is 47.2 Å². The first-order chi connectivity index (χ1) is 19.6. The fraction of sp³-hybridized carbons (Fsp3) is 0.387. The molecular formula is C31H33N3O7. The lowest BCUT2D eigenvalue weighted by Crippen LogP contribution is -2.57. The molecule has 0 bridgehead atoms. The molecule has 2 aromatic rings. The summed E-state index contributed by atoms with van der Waals surface area (Å²) in [7, 11) is 0. The maximum Gasteiger partial charge on any atom is 0.255 e. The maximum absolute atomic E-state index is 13.8. The van der Waals surface area contributed by atoms with Gasteiger partial charge in [-0.05, 0) is 54.9 Å². The summed E-state index contributed by atoms with van der Waals surface area (Å²) < 4.78 is 0. The number of amides is 1. The van der Waals surface area contributed by atoms with Crippen LogP contribution in [0.5, 0.6) is 5.75 Å². The number of aliphatic hydroxyl groups is 3. The van der Waals surface area contributed by atoms with Crippen LogP contribution < -0.4 is 11.1 Å². The SMILES string of the molecule is NC(=O)C1=C(O)C[C@@H]2C[C@@H]3Cc4c(NC5CCN(Cc6ccccc6)CC5)ccc(O)c4C(=O)C3=C(O)[C@]2(O)C1=O. The van der Waals surface area contributed by atoms with Gasteiger partial charge in [-0.3, -0.25) is 19.3 Å². The van der Waals surface area contributed by atoms with Crippen molar-refractivity contribution in [1.29, 1.82) is 0 Å². The summed E-state index contributed by atoms with van der Waals surface area (Å²) >= 11 is 0. The number of carbonyl (C=O) groups is 3. The number of nitrogens with two attached hydrogens (primary N) is 1. The Morgan fingerprint density at radius 1 is 1.02 bits per heavy atom. The zero-order valence-electron chi connectivity index (χ0n) is 22.5. The first-order valence-electron chi connectivity index (χ1n) is 13.9. The molecular weight excluding hydrogens is 526 g/mol. The van der Waals surface area contributed by atoms with Crippen molar-refractivity contribution in [2.24, 2.45) is 17.6 Å². The molecule has 0 saturated carbocycles. The number of benzene rings is 2. The fourth-order valence-electron chi connectivity index (χ4n) is 7.05. The summed E-state index contributed by atoms with van der Waals surface area (Å²) in [5, 5.41) is 47.2. The molecule has 10 heteroatoms. The predicted molar refractivity (Wildman–Crippen MR) is 149 cm³/mol. The number of carbonyl (C=O) groups excluding carboxylic acids is 3. The van der Waals surface area contributed by atoms with Crippen molar-refractivity contribution in [3.05, 3.63) is 81.8 Å². The highest BCUT2D eigenvalue weighted by molar-refractivity contribution is 6.24. The Labute approximate surface area is 236 Å². The molecule has 6 rings (SSSR count). The molecule has 1 amide bonds. The molecule has 10 nitrogen and oxygen atoms in total. The van der Waals surface area contributed by atoms with E-state index >= 15 is 0 Å². The Morgan fingerprint density at radius 2 is 1.73 bits per heavy atom. The molecule has 0 aromatic heterocycles. The molecule has 0 radical (unpaired) electrons. The van der Waals surface area contributed by atoms with E-state index in [0.29, 0.717) is 5.56 Å². The number of hydrogen-bond acceptors (Lipinski definition) is 9. The summed E-state index contributed by atoms with van der Waals surface area (Å²) in [6.07, 6.45) is 1.93. The number of anilines is 1. The molecule has 1 saturated heterocycles. The van der Waals surface area contributed by atoms with E-state index in [9.17, 15) is 34.8 Å². The Morgan fingerprint density at radius 3 is 2.41 bits per heavy atom. The second-order valence-corrected chi connectivity index (χ2v) is 11.6. The maximum atomic E-state index is 13.8. The molecule has 214 valence electrons. The molecule has 2 aromatic carbocycles. The van der Waals surface area contributed by atoms with E-state index in [1.54, 1.807) is 6.07 Å². The van der Waals surface area contributed by atoms with Gasteiger partial charge in [-0.25, -0.2) is 0 Å². The summed E-state index contributed by atoms with van der Waals surface area (Å²) in [5.74, 6) is -6.27. The van der Waals surface area contributed by atoms with E-state index < -0.39 is 52.0 Å². The van der Waals surface area contributed by atoms with Crippen LogP contribution in [0, 0.1) is 11.8 Å². The van der Waals surface area contributed by atoms with Crippen molar-refractivity contribution < 1.29 is 34.8 Å². The number of aromatic hydroxyl groups is 1. The third-order valence-corrected chi connectivity index (χ3v) is 9.14. The van der Waals surface area contributed by atoms with Crippen molar-refractivity contribution in [1.82, 2.24) is 4.90 Å². The van der Waals surface area contributed by atoms with Crippen LogP contribution in [0.4, 0.5) is 5.69 Å². The molecule has 3 aliphatic carbocycles. The molecule has 4 aliphatic rings. The molecule has 41 heavy (non-hydrogen) atoms. The number of allylic oxidation sites excluding steroid dienone is 2. The average Bonchev–Trinajstić information content (AvgIpc) is 2.93. The van der Waals surface area contributed by atoms with Crippen LogP contribution in [0.2, 0.25) is 0 Å². The standard InChI is InChI=1S/C31H33N3O7/c32-30(40)26-23(36)14-18-12-17-13-20-21(33-19-8-10-34(11-9-19)15-16-4-2-1-3-5-16)6-7-22(35)25(20)27(37)24(17)28(38)31(18,41)29(26)39/h1-7,17-19,33,35-36,38,41H,8-15H2,(H2,32,40)/t17-,18+,31+/m1/s1. The van der Waals surface area contributed by atoms with E-state index in [1.807, 2.05) is 18.2 Å². The Bertz CT molecular complexity index is 1510. The molecule has 0 unspecified atom stereocenters. The summed E-state index contributed by atoms with van der Waals surface area (Å²) in [5.41, 5.74) is 4.40. The summed E-state index contributed by atoms with van der Waals surface area (Å²) in [6, 6.07) is 13.7. The minimum atomic E-state index is -2.56. The number of fused-ring (bicyclic) bond motifs is 3. The van der Waals surface area contributed by atoms with Gasteiger partial charge in [0.15, 0.2) is 11.4 Å². The van der Waals surface area contributed by atoms with Crippen LogP contribution >= 0.6 is 0 Å². The number of piperidine rings is 1. The normalized spacial score (nSPS) is 26.9. The van der Waals surface area contributed by atoms with Crippen molar-refractivity contribution in [2.75, 3.05) is 18.4 Å². The van der Waals surface area contributed by atoms with E-state index in [4.69, 9.17) is 5.73 Å². The van der Waals surface area contributed by atoms with Gasteiger partial charge in [0.25, 0.3) is 5.91 Å². The van der Waals surface area contributed by atoms with Crippen LogP contribution in [0.3, 0.4) is 0 Å². The Balaban J connectivity index is 1.26. The van der Waals surface area contributed by atoms with Gasteiger partial charge < -0.3 is 31.5 Å². The van der Waals surface area contributed by atoms with Gasteiger partial charge in [-0.1, -0.05) is 30.3 Å². The monoisotopic (exact) mass is 559 g/mol. The van der Waals surface area contributed by atoms with E-state index in [2.05, 4.69) is 22.3 Å². The number of nitrogens with zero attached hydrogens (tertiary/aromatic N) is 1. The highest BCUT2D eigenvalue weighted by Gasteiger charge is 2.59. The number of nitrogens with one attached hydrogen (secondary N) is 1. The number of hydrogen-bond donors (Lipinski definition) is 6. The second kappa shape index (κ2) is 10.0. The minimum absolute atomic E-state index is 0.0214. The Hall–Kier alpha value is -4.15. The number of rotatable bonds is 5. The van der Waals surface area contributed by atoms with Gasteiger partial charge in [-0.2, -0.15) is 0 Å². The number of phenolic OH excluding ortho intramolecular Hbond substituents is 1. The highest BCUT2D eigenvalue weighted by Crippen LogP contribution is 2.52. The van der Waals surface area contributed by atoms with Crippen molar-refractivity contribution >= 4 is 23.2 Å². The van der Waals surface area contributed by atoms with Gasteiger partial charge in [0, 0.05) is 49.3 Å². The van der Waals surface area contributed by atoms with Crippen LogP contribution in [0.25, 0.3) is 0 Å². The topological polar surface area (TPSA) is 173 Å². The number of aliphatic hydroxyl groups excluding tert-OH is 2. The number of ketones is 2. The van der Waals surface area contributed by atoms with Crippen molar-refractivity contribution in [2.45, 2.75) is 50.3 Å². The average molecular weight is 560 g/mol. The molecule has 1 heterocycles. The van der Waals surface area contributed by atoms with Crippen LogP contribution in [-0.2, 0) is 22.6 Å². The molecule has 3 atom stereocenters. The molecule has 1 fully saturated rings. The quantitative estimate of drug-likeness (QED) is 0.238. The second-order valence-electron chi connectivity index (χ2n) is 11.6. The van der Waals surface area contributed by atoms with Gasteiger partial charge in [0.1, 0.15) is 22.8 Å². The van der Waals surface area contributed by atoms with E-state index in [1.165, 1.54) is 11.6 Å². The van der Waals surface area contributed by atoms with Crippen molar-refractivity contribution in [3.63, 3.8) is 0 Å². The van der Waals surface area contributed by atoms with Crippen LogP contribution in [-0.4, -0.2) is 67.5 Å². The molecule has 1 aliphatic heterocycles. The summed E-state index contributed by atoms with van der Waals surface area (Å²) in [6.45, 7) is 2.71. The number of likely N-dealkylation sites (tertiary alicyclic amines) is 1. The largest absolute Gasteiger partial charge is 0.511 e. The number of phenols is 1. The zero-order chi connectivity index (χ0) is 29.1. The molecule has 0 spiro atoms. The van der Waals surface area contributed by atoms with Gasteiger partial charge in [0.05, 0.1) is 5.56 Å². The van der Waals surface area contributed by atoms with Gasteiger partial charge >= 0.3 is 0 Å². The lowest BCUT2D eigenvalue weighted by molar-refractivity contribution is -0.144. The predicted octanol–water partition coefficient (Wildman–Crippen LogP) is 2.66. The zero-order valence-corrected chi connectivity index (χ0v) is 22.5. The fourth-order valence-corrected chi connectivity index (χ4v) is 7.05. The first kappa shape index (κ1) is 27.0. The van der Waals surface area contributed by atoms with Gasteiger partial charge in [0.2, 0.25) is 5.78 Å². The Kier molecular flexibility index (Phi) is 6.62.